The second kappa shape index (κ2) is 9.94. The number of hydrogen-bond donors (Lipinski definition) is 2. The summed E-state index contributed by atoms with van der Waals surface area (Å²) in [4.78, 5) is 28.9. The molecule has 4 N–H and O–H groups in total. The van der Waals surface area contributed by atoms with Crippen LogP contribution >= 0.6 is 11.3 Å². The lowest BCUT2D eigenvalue weighted by Crippen LogP contribution is -2.12. The van der Waals surface area contributed by atoms with Gasteiger partial charge in [-0.1, -0.05) is 30.3 Å². The molecule has 0 aliphatic heterocycles. The van der Waals surface area contributed by atoms with E-state index in [1.807, 2.05) is 35.7 Å². The highest BCUT2D eigenvalue weighted by molar-refractivity contribution is 7.12. The Hall–Kier alpha value is -3.55. The molecule has 0 aliphatic carbocycles. The number of fused-ring (bicyclic) bond motifs is 1. The van der Waals surface area contributed by atoms with Crippen LogP contribution in [0.4, 0.5) is 0 Å². The Morgan fingerprint density at radius 3 is 2.70 bits per heavy atom. The van der Waals surface area contributed by atoms with Crippen molar-refractivity contribution in [1.82, 2.24) is 4.98 Å². The first-order chi connectivity index (χ1) is 16.0. The van der Waals surface area contributed by atoms with Gasteiger partial charge in [0.05, 0.1) is 12.3 Å². The molecule has 1 atom stereocenters. The average Bonchev–Trinajstić information content (AvgIpc) is 3.33. The van der Waals surface area contributed by atoms with E-state index in [0.29, 0.717) is 30.0 Å². The third-order valence-corrected chi connectivity index (χ3v) is 6.47. The van der Waals surface area contributed by atoms with Gasteiger partial charge < -0.3 is 16.2 Å². The lowest BCUT2D eigenvalue weighted by Gasteiger charge is -2.19. The van der Waals surface area contributed by atoms with E-state index in [1.165, 1.54) is 11.3 Å². The summed E-state index contributed by atoms with van der Waals surface area (Å²) in [6.45, 7) is 2.64. The molecule has 1 amide bonds. The summed E-state index contributed by atoms with van der Waals surface area (Å²) in [6.07, 6.45) is 2.46. The molecule has 4 aromatic rings. The average molecular weight is 460 g/mol. The van der Waals surface area contributed by atoms with Crippen LogP contribution in [0.25, 0.3) is 21.9 Å². The summed E-state index contributed by atoms with van der Waals surface area (Å²) in [5.41, 5.74) is 15.9. The number of nitrogens with two attached hydrogens (primary N) is 2. The number of hydrogen-bond acceptors (Lipinski definition) is 6. The minimum Gasteiger partial charge on any atom is -0.462 e. The van der Waals surface area contributed by atoms with E-state index < -0.39 is 5.91 Å². The summed E-state index contributed by atoms with van der Waals surface area (Å²) in [7, 11) is 0. The van der Waals surface area contributed by atoms with Crippen molar-refractivity contribution in [2.24, 2.45) is 11.5 Å². The molecule has 6 nitrogen and oxygen atoms in total. The molecule has 0 saturated carbocycles. The zero-order valence-electron chi connectivity index (χ0n) is 18.3. The number of pyridine rings is 1. The quantitative estimate of drug-likeness (QED) is 0.371. The van der Waals surface area contributed by atoms with Crippen molar-refractivity contribution in [2.75, 3.05) is 13.2 Å². The monoisotopic (exact) mass is 459 g/mol. The fourth-order valence-corrected chi connectivity index (χ4v) is 4.80. The highest BCUT2D eigenvalue weighted by Crippen LogP contribution is 2.35. The fourth-order valence-electron chi connectivity index (χ4n) is 3.99. The summed E-state index contributed by atoms with van der Waals surface area (Å²) < 4.78 is 5.11. The summed E-state index contributed by atoms with van der Waals surface area (Å²) >= 11 is 1.37. The molecule has 0 saturated heterocycles. The van der Waals surface area contributed by atoms with Crippen LogP contribution in [0, 0.1) is 0 Å². The zero-order valence-corrected chi connectivity index (χ0v) is 19.1. The van der Waals surface area contributed by atoms with Crippen molar-refractivity contribution >= 4 is 34.0 Å². The van der Waals surface area contributed by atoms with Crippen LogP contribution in [-0.4, -0.2) is 30.0 Å². The van der Waals surface area contributed by atoms with E-state index in [2.05, 4.69) is 12.1 Å². The van der Waals surface area contributed by atoms with E-state index >= 15 is 0 Å². The highest BCUT2D eigenvalue weighted by Gasteiger charge is 2.19. The Labute approximate surface area is 196 Å². The molecule has 2 aromatic carbocycles. The van der Waals surface area contributed by atoms with Crippen molar-refractivity contribution in [3.63, 3.8) is 0 Å². The maximum atomic E-state index is 12.1. The van der Waals surface area contributed by atoms with Gasteiger partial charge in [0.2, 0.25) is 5.91 Å². The topological polar surface area (TPSA) is 108 Å². The molecule has 168 valence electrons. The minimum atomic E-state index is -0.459. The lowest BCUT2D eigenvalue weighted by atomic mass is 9.87. The van der Waals surface area contributed by atoms with E-state index in [9.17, 15) is 9.59 Å². The molecular formula is C26H25N3O3S. The number of primary amides is 1. The number of esters is 1. The number of thiophene rings is 1. The third-order valence-electron chi connectivity index (χ3n) is 5.56. The van der Waals surface area contributed by atoms with Crippen LogP contribution in [0.3, 0.4) is 0 Å². The van der Waals surface area contributed by atoms with E-state index in [-0.39, 0.29) is 11.9 Å². The maximum absolute atomic E-state index is 12.1. The van der Waals surface area contributed by atoms with Gasteiger partial charge in [-0.25, -0.2) is 4.79 Å². The normalized spacial score (nSPS) is 11.9. The summed E-state index contributed by atoms with van der Waals surface area (Å²) in [5, 5.41) is 3.84. The Morgan fingerprint density at radius 2 is 1.94 bits per heavy atom. The van der Waals surface area contributed by atoms with Gasteiger partial charge in [-0.2, -0.15) is 0 Å². The van der Waals surface area contributed by atoms with Crippen molar-refractivity contribution in [3.8, 4) is 11.1 Å². The van der Waals surface area contributed by atoms with Crippen molar-refractivity contribution in [3.05, 3.63) is 87.9 Å². The van der Waals surface area contributed by atoms with Gasteiger partial charge in [0.1, 0.15) is 4.88 Å². The predicted octanol–water partition coefficient (Wildman–Crippen LogP) is 4.72. The van der Waals surface area contributed by atoms with Crippen LogP contribution in [0.15, 0.2) is 66.2 Å². The molecule has 2 aromatic heterocycles. The lowest BCUT2D eigenvalue weighted by molar-refractivity contribution is 0.0532. The minimum absolute atomic E-state index is 0.0266. The van der Waals surface area contributed by atoms with Crippen molar-refractivity contribution in [2.45, 2.75) is 19.3 Å². The summed E-state index contributed by atoms with van der Waals surface area (Å²) in [6, 6.07) is 17.4. The van der Waals surface area contributed by atoms with Gasteiger partial charge in [-0.15, -0.1) is 11.3 Å². The van der Waals surface area contributed by atoms with Crippen LogP contribution < -0.4 is 11.5 Å². The standard InChI is InChI=1S/C26H25N3O3S/c1-2-32-26(31)23-14-20(15-33-23)16-4-3-5-17(12-16)22(8-10-27)24-21-7-6-19(25(28)30)13-18(21)9-11-29-24/h3-7,9,11-15,22H,2,8,10,27H2,1H3,(H2,28,30). The summed E-state index contributed by atoms with van der Waals surface area (Å²) in [5.74, 6) is -0.790. The number of benzene rings is 2. The molecule has 0 fully saturated rings. The van der Waals surface area contributed by atoms with Crippen molar-refractivity contribution in [1.29, 1.82) is 0 Å². The highest BCUT2D eigenvalue weighted by atomic mass is 32.1. The number of amides is 1. The number of nitrogens with zero attached hydrogens (tertiary/aromatic N) is 1. The maximum Gasteiger partial charge on any atom is 0.348 e. The van der Waals surface area contributed by atoms with Gasteiger partial charge in [0, 0.05) is 23.1 Å². The van der Waals surface area contributed by atoms with Gasteiger partial charge in [0.25, 0.3) is 0 Å². The Bertz CT molecular complexity index is 1320. The number of carbonyl (C=O) groups is 2. The second-order valence-corrected chi connectivity index (χ2v) is 8.58. The zero-order chi connectivity index (χ0) is 23.4. The van der Waals surface area contributed by atoms with Crippen molar-refractivity contribution < 1.29 is 14.3 Å². The van der Waals surface area contributed by atoms with Gasteiger partial charge >= 0.3 is 5.97 Å². The Balaban J connectivity index is 1.74. The second-order valence-electron chi connectivity index (χ2n) is 7.67. The number of aromatic nitrogens is 1. The van der Waals surface area contributed by atoms with E-state index in [1.54, 1.807) is 25.3 Å². The van der Waals surface area contributed by atoms with Crippen LogP contribution in [0.1, 0.15) is 50.5 Å². The first-order valence-corrected chi connectivity index (χ1v) is 11.6. The predicted molar refractivity (Wildman–Crippen MR) is 131 cm³/mol. The van der Waals surface area contributed by atoms with Crippen LogP contribution in [-0.2, 0) is 4.74 Å². The van der Waals surface area contributed by atoms with E-state index in [4.69, 9.17) is 21.2 Å². The Morgan fingerprint density at radius 1 is 1.09 bits per heavy atom. The molecule has 0 radical (unpaired) electrons. The number of ether oxygens (including phenoxy) is 1. The van der Waals surface area contributed by atoms with Crippen LogP contribution in [0.2, 0.25) is 0 Å². The molecule has 1 unspecified atom stereocenters. The molecule has 0 bridgehead atoms. The smallest absolute Gasteiger partial charge is 0.348 e. The number of carbonyl (C=O) groups excluding carboxylic acids is 2. The largest absolute Gasteiger partial charge is 0.462 e. The van der Waals surface area contributed by atoms with Gasteiger partial charge in [-0.05, 0) is 71.6 Å². The molecule has 0 spiro atoms. The fraction of sp³-hybridized carbons (Fsp3) is 0.192. The Kier molecular flexibility index (Phi) is 6.82. The molecule has 33 heavy (non-hydrogen) atoms. The number of rotatable bonds is 8. The van der Waals surface area contributed by atoms with Gasteiger partial charge in [0.15, 0.2) is 0 Å². The van der Waals surface area contributed by atoms with E-state index in [0.717, 1.165) is 33.2 Å². The van der Waals surface area contributed by atoms with Gasteiger partial charge in [-0.3, -0.25) is 9.78 Å². The molecule has 4 rings (SSSR count). The van der Waals surface area contributed by atoms with Crippen LogP contribution in [0.5, 0.6) is 0 Å². The first-order valence-electron chi connectivity index (χ1n) is 10.8. The third kappa shape index (κ3) is 4.79. The molecule has 0 aliphatic rings. The SMILES string of the molecule is CCOC(=O)c1cc(-c2cccc(C(CCN)c3nccc4cc(C(N)=O)ccc34)c2)cs1. The molecule has 7 heteroatoms. The molecule has 2 heterocycles. The first kappa shape index (κ1) is 22.6. The molecular weight excluding hydrogens is 434 g/mol.